The summed E-state index contributed by atoms with van der Waals surface area (Å²) < 4.78 is 19.3. The third kappa shape index (κ3) is 4.77. The summed E-state index contributed by atoms with van der Waals surface area (Å²) in [6.07, 6.45) is 4.14. The molecule has 3 aromatic rings. The number of fused-ring (bicyclic) bond motifs is 2. The van der Waals surface area contributed by atoms with Crippen LogP contribution in [0.25, 0.3) is 11.0 Å². The highest BCUT2D eigenvalue weighted by atomic mass is 16.5. The number of hydrogen-bond donors (Lipinski definition) is 4. The number of rotatable bonds is 8. The van der Waals surface area contributed by atoms with Crippen molar-refractivity contribution in [1.82, 2.24) is 0 Å². The first-order valence-corrected chi connectivity index (χ1v) is 13.4. The van der Waals surface area contributed by atoms with Crippen LogP contribution in [0.5, 0.6) is 11.5 Å². The van der Waals surface area contributed by atoms with E-state index in [4.69, 9.17) is 19.1 Å². The van der Waals surface area contributed by atoms with Gasteiger partial charge in [0, 0.05) is 29.5 Å². The summed E-state index contributed by atoms with van der Waals surface area (Å²) in [5.74, 6) is 1.25. The van der Waals surface area contributed by atoms with E-state index in [1.807, 2.05) is 26.0 Å². The van der Waals surface area contributed by atoms with Gasteiger partial charge in [-0.25, -0.2) is 0 Å². The fourth-order valence-electron chi connectivity index (χ4n) is 5.65. The molecule has 0 bridgehead atoms. The lowest BCUT2D eigenvalue weighted by molar-refractivity contribution is -0.0233. The van der Waals surface area contributed by atoms with Crippen LogP contribution in [0, 0.1) is 0 Å². The van der Waals surface area contributed by atoms with Gasteiger partial charge in [-0.05, 0) is 63.1 Å². The molecular weight excluding hydrogens is 486 g/mol. The topological polar surface area (TPSA) is 121 Å². The minimum Gasteiger partial charge on any atom is -0.489 e. The molecule has 0 saturated heterocycles. The largest absolute Gasteiger partial charge is 0.489 e. The van der Waals surface area contributed by atoms with Crippen LogP contribution >= 0.6 is 0 Å². The SMILES string of the molecule is CC(C)c1c2c(c(OC3CCCC3)c3c(=O)c(Cc4ccc(NO)cc4)c(CO)oc13)CC(C(C)(C)O)O2. The molecule has 38 heavy (non-hydrogen) atoms. The molecular formula is C30H37NO7. The molecule has 1 aromatic heterocycles. The summed E-state index contributed by atoms with van der Waals surface area (Å²) in [4.78, 5) is 14.3. The summed E-state index contributed by atoms with van der Waals surface area (Å²) in [6, 6.07) is 7.04. The summed E-state index contributed by atoms with van der Waals surface area (Å²) >= 11 is 0. The molecule has 0 amide bonds. The van der Waals surface area contributed by atoms with E-state index in [9.17, 15) is 15.0 Å². The highest BCUT2D eigenvalue weighted by Crippen LogP contribution is 2.49. The van der Waals surface area contributed by atoms with Crippen molar-refractivity contribution in [2.75, 3.05) is 5.48 Å². The molecule has 5 rings (SSSR count). The van der Waals surface area contributed by atoms with Crippen molar-refractivity contribution in [3.8, 4) is 11.5 Å². The zero-order valence-corrected chi connectivity index (χ0v) is 22.5. The molecule has 2 aromatic carbocycles. The Morgan fingerprint density at radius 2 is 1.84 bits per heavy atom. The first kappa shape index (κ1) is 26.5. The second-order valence-corrected chi connectivity index (χ2v) is 11.4. The first-order chi connectivity index (χ1) is 18.1. The molecule has 2 heterocycles. The number of hydrogen-bond acceptors (Lipinski definition) is 8. The fourth-order valence-corrected chi connectivity index (χ4v) is 5.65. The lowest BCUT2D eigenvalue weighted by Gasteiger charge is -2.25. The normalized spacial score (nSPS) is 17.7. The maximum atomic E-state index is 14.3. The number of nitrogens with one attached hydrogen (secondary N) is 1. The Hall–Kier alpha value is -3.07. The second-order valence-electron chi connectivity index (χ2n) is 11.4. The van der Waals surface area contributed by atoms with Crippen LogP contribution in [0.1, 0.15) is 87.3 Å². The number of aliphatic hydroxyl groups excluding tert-OH is 1. The van der Waals surface area contributed by atoms with Gasteiger partial charge in [0.05, 0.1) is 17.4 Å². The number of aliphatic hydroxyl groups is 2. The van der Waals surface area contributed by atoms with Crippen molar-refractivity contribution >= 4 is 16.7 Å². The fraction of sp³-hybridized carbons (Fsp3) is 0.500. The highest BCUT2D eigenvalue weighted by molar-refractivity contribution is 5.92. The lowest BCUT2D eigenvalue weighted by Crippen LogP contribution is -2.39. The van der Waals surface area contributed by atoms with Crippen LogP contribution in [0.15, 0.2) is 33.5 Å². The van der Waals surface area contributed by atoms with E-state index < -0.39 is 18.3 Å². The molecule has 4 N–H and O–H groups in total. The molecule has 1 fully saturated rings. The maximum Gasteiger partial charge on any atom is 0.200 e. The molecule has 1 aliphatic heterocycles. The van der Waals surface area contributed by atoms with Gasteiger partial charge in [0.2, 0.25) is 0 Å². The molecule has 0 radical (unpaired) electrons. The third-order valence-electron chi connectivity index (χ3n) is 7.76. The molecule has 1 saturated carbocycles. The Balaban J connectivity index is 1.76. The van der Waals surface area contributed by atoms with E-state index in [2.05, 4.69) is 5.48 Å². The summed E-state index contributed by atoms with van der Waals surface area (Å²) in [7, 11) is 0. The van der Waals surface area contributed by atoms with E-state index in [0.29, 0.717) is 40.1 Å². The monoisotopic (exact) mass is 523 g/mol. The number of benzene rings is 2. The van der Waals surface area contributed by atoms with Crippen molar-refractivity contribution < 1.29 is 29.3 Å². The molecule has 1 atom stereocenters. The van der Waals surface area contributed by atoms with E-state index in [0.717, 1.165) is 42.4 Å². The molecule has 8 nitrogen and oxygen atoms in total. The molecule has 204 valence electrons. The molecule has 1 aliphatic carbocycles. The maximum absolute atomic E-state index is 14.3. The Labute approximate surface area is 222 Å². The zero-order valence-electron chi connectivity index (χ0n) is 22.5. The van der Waals surface area contributed by atoms with Gasteiger partial charge in [-0.2, -0.15) is 0 Å². The van der Waals surface area contributed by atoms with Crippen molar-refractivity contribution in [3.63, 3.8) is 0 Å². The van der Waals surface area contributed by atoms with Gasteiger partial charge in [-0.3, -0.25) is 15.5 Å². The van der Waals surface area contributed by atoms with Crippen LogP contribution in [0.3, 0.4) is 0 Å². The van der Waals surface area contributed by atoms with E-state index in [-0.39, 0.29) is 29.6 Å². The van der Waals surface area contributed by atoms with Crippen molar-refractivity contribution in [1.29, 1.82) is 0 Å². The second kappa shape index (κ2) is 10.2. The Morgan fingerprint density at radius 3 is 2.42 bits per heavy atom. The van der Waals surface area contributed by atoms with E-state index >= 15 is 0 Å². The quantitative estimate of drug-likeness (QED) is 0.298. The average molecular weight is 524 g/mol. The minimum absolute atomic E-state index is 0.00715. The van der Waals surface area contributed by atoms with Crippen LogP contribution in [0.2, 0.25) is 0 Å². The van der Waals surface area contributed by atoms with Crippen LogP contribution < -0.4 is 20.4 Å². The van der Waals surface area contributed by atoms with Gasteiger partial charge < -0.3 is 24.1 Å². The highest BCUT2D eigenvalue weighted by Gasteiger charge is 2.41. The van der Waals surface area contributed by atoms with Crippen molar-refractivity contribution in [3.05, 3.63) is 62.5 Å². The van der Waals surface area contributed by atoms with Gasteiger partial charge in [0.1, 0.15) is 40.9 Å². The average Bonchev–Trinajstić information content (AvgIpc) is 3.55. The third-order valence-corrected chi connectivity index (χ3v) is 7.76. The summed E-state index contributed by atoms with van der Waals surface area (Å²) in [5.41, 5.74) is 4.43. The standard InChI is InChI=1S/C30H37NO7/c1-16(2)24-27-21(14-23(38-27)30(3,4)34)28(36-19-7-5-6-8-19)25-26(33)20(22(15-32)37-29(24)25)13-17-9-11-18(31-35)12-10-17/h9-12,16,19,23,31-32,34-35H,5-8,13-15H2,1-4H3. The van der Waals surface area contributed by atoms with E-state index in [1.165, 1.54) is 0 Å². The predicted octanol–water partition coefficient (Wildman–Crippen LogP) is 5.20. The molecule has 2 aliphatic rings. The van der Waals surface area contributed by atoms with Gasteiger partial charge in [-0.15, -0.1) is 0 Å². The molecule has 0 spiro atoms. The molecule has 8 heteroatoms. The minimum atomic E-state index is -1.10. The first-order valence-electron chi connectivity index (χ1n) is 13.4. The van der Waals surface area contributed by atoms with E-state index in [1.54, 1.807) is 26.0 Å². The van der Waals surface area contributed by atoms with Gasteiger partial charge in [0.15, 0.2) is 5.43 Å². The Morgan fingerprint density at radius 1 is 1.16 bits per heavy atom. The Bertz CT molecular complexity index is 1380. The lowest BCUT2D eigenvalue weighted by atomic mass is 9.91. The van der Waals surface area contributed by atoms with Crippen LogP contribution in [-0.4, -0.2) is 33.2 Å². The van der Waals surface area contributed by atoms with Gasteiger partial charge >= 0.3 is 0 Å². The number of ether oxygens (including phenoxy) is 2. The van der Waals surface area contributed by atoms with Crippen LogP contribution in [-0.2, 0) is 19.4 Å². The molecule has 1 unspecified atom stereocenters. The van der Waals surface area contributed by atoms with Gasteiger partial charge in [0.25, 0.3) is 0 Å². The number of anilines is 1. The Kier molecular flexibility index (Phi) is 7.15. The summed E-state index contributed by atoms with van der Waals surface area (Å²) in [6.45, 7) is 7.03. The predicted molar refractivity (Wildman–Crippen MR) is 144 cm³/mol. The van der Waals surface area contributed by atoms with Crippen molar-refractivity contribution in [2.24, 2.45) is 0 Å². The smallest absolute Gasteiger partial charge is 0.200 e. The van der Waals surface area contributed by atoms with Gasteiger partial charge in [-0.1, -0.05) is 26.0 Å². The van der Waals surface area contributed by atoms with Crippen molar-refractivity contribution in [2.45, 2.75) is 96.6 Å². The zero-order chi connectivity index (χ0) is 27.2. The summed E-state index contributed by atoms with van der Waals surface area (Å²) in [5, 5.41) is 30.6. The van der Waals surface area contributed by atoms with Crippen LogP contribution in [0.4, 0.5) is 5.69 Å².